The first-order valence-corrected chi connectivity index (χ1v) is 6.05. The third kappa shape index (κ3) is 3.08. The average Bonchev–Trinajstić information content (AvgIpc) is 2.34. The number of halogens is 2. The van der Waals surface area contributed by atoms with E-state index in [-0.39, 0.29) is 18.7 Å². The fourth-order valence-corrected chi connectivity index (χ4v) is 2.34. The molecule has 1 saturated heterocycles. The van der Waals surface area contributed by atoms with E-state index < -0.39 is 29.6 Å². The summed E-state index contributed by atoms with van der Waals surface area (Å²) in [5, 5.41) is 18.6. The normalized spacial score (nSPS) is 24.4. The summed E-state index contributed by atoms with van der Waals surface area (Å²) in [5.74, 6) is -3.60. The van der Waals surface area contributed by atoms with Crippen molar-refractivity contribution in [2.45, 2.75) is 19.1 Å². The molecule has 0 bridgehead atoms. The van der Waals surface area contributed by atoms with E-state index in [4.69, 9.17) is 5.11 Å². The van der Waals surface area contributed by atoms with Gasteiger partial charge in [0.25, 0.3) is 0 Å². The largest absolute Gasteiger partial charge is 0.481 e. The van der Waals surface area contributed by atoms with E-state index in [1.54, 1.807) is 4.90 Å². The van der Waals surface area contributed by atoms with Crippen LogP contribution in [0.3, 0.4) is 0 Å². The number of carboxylic acid groups (broad SMARTS) is 1. The standard InChI is InChI=1S/C13H15F2NO3/c14-10-3-1-2-8(12(10)15)6-16-5-4-9(13(18)19)11(17)7-16/h1-3,9,11,17H,4-7H2,(H,18,19)/t9-,11+/m0/s1. The number of aliphatic carboxylic acids is 1. The van der Waals surface area contributed by atoms with Crippen LogP contribution in [0.2, 0.25) is 0 Å². The second kappa shape index (κ2) is 5.63. The molecule has 1 fully saturated rings. The van der Waals surface area contributed by atoms with Gasteiger partial charge in [-0.2, -0.15) is 0 Å². The minimum Gasteiger partial charge on any atom is -0.481 e. The highest BCUT2D eigenvalue weighted by Gasteiger charge is 2.32. The molecule has 1 aliphatic rings. The van der Waals surface area contributed by atoms with E-state index in [1.165, 1.54) is 12.1 Å². The van der Waals surface area contributed by atoms with E-state index in [9.17, 15) is 18.7 Å². The molecule has 19 heavy (non-hydrogen) atoms. The Morgan fingerprint density at radius 3 is 2.79 bits per heavy atom. The van der Waals surface area contributed by atoms with Gasteiger partial charge in [0.05, 0.1) is 12.0 Å². The number of piperidine rings is 1. The molecule has 0 saturated carbocycles. The van der Waals surface area contributed by atoms with Crippen LogP contribution in [-0.2, 0) is 11.3 Å². The van der Waals surface area contributed by atoms with Crippen molar-refractivity contribution < 1.29 is 23.8 Å². The zero-order chi connectivity index (χ0) is 14.0. The van der Waals surface area contributed by atoms with Crippen LogP contribution < -0.4 is 0 Å². The molecular weight excluding hydrogens is 256 g/mol. The number of benzene rings is 1. The molecule has 1 aliphatic heterocycles. The summed E-state index contributed by atoms with van der Waals surface area (Å²) < 4.78 is 26.6. The molecule has 0 aliphatic carbocycles. The number of nitrogens with zero attached hydrogens (tertiary/aromatic N) is 1. The Morgan fingerprint density at radius 1 is 1.42 bits per heavy atom. The monoisotopic (exact) mass is 271 g/mol. The van der Waals surface area contributed by atoms with Gasteiger partial charge in [0, 0.05) is 18.7 Å². The first-order chi connectivity index (χ1) is 8.99. The Balaban J connectivity index is 2.02. The Labute approximate surface area is 109 Å². The molecular formula is C13H15F2NO3. The predicted molar refractivity (Wildman–Crippen MR) is 63.4 cm³/mol. The molecule has 0 aromatic heterocycles. The van der Waals surface area contributed by atoms with Crippen molar-refractivity contribution in [2.75, 3.05) is 13.1 Å². The molecule has 2 N–H and O–H groups in total. The van der Waals surface area contributed by atoms with Gasteiger partial charge in [0.2, 0.25) is 0 Å². The number of rotatable bonds is 3. The summed E-state index contributed by atoms with van der Waals surface area (Å²) in [7, 11) is 0. The minimum atomic E-state index is -1.02. The third-order valence-electron chi connectivity index (χ3n) is 3.41. The SMILES string of the molecule is O=C(O)[C@H]1CCN(Cc2cccc(F)c2F)C[C@H]1O. The highest BCUT2D eigenvalue weighted by molar-refractivity contribution is 5.70. The Kier molecular flexibility index (Phi) is 4.11. The van der Waals surface area contributed by atoms with Crippen LogP contribution in [0, 0.1) is 17.6 Å². The lowest BCUT2D eigenvalue weighted by Crippen LogP contribution is -2.46. The van der Waals surface area contributed by atoms with Gasteiger partial charge in [-0.15, -0.1) is 0 Å². The average molecular weight is 271 g/mol. The van der Waals surface area contributed by atoms with Crippen molar-refractivity contribution in [3.63, 3.8) is 0 Å². The van der Waals surface area contributed by atoms with Crippen molar-refractivity contribution in [1.29, 1.82) is 0 Å². The molecule has 1 aromatic carbocycles. The number of aliphatic hydroxyl groups is 1. The second-order valence-corrected chi connectivity index (χ2v) is 4.75. The molecule has 1 heterocycles. The highest BCUT2D eigenvalue weighted by Crippen LogP contribution is 2.21. The predicted octanol–water partition coefficient (Wildman–Crippen LogP) is 1.23. The van der Waals surface area contributed by atoms with E-state index in [2.05, 4.69) is 0 Å². The van der Waals surface area contributed by atoms with Crippen molar-refractivity contribution in [2.24, 2.45) is 5.92 Å². The second-order valence-electron chi connectivity index (χ2n) is 4.75. The van der Waals surface area contributed by atoms with Crippen LogP contribution in [0.15, 0.2) is 18.2 Å². The molecule has 6 heteroatoms. The van der Waals surface area contributed by atoms with Crippen LogP contribution in [0.25, 0.3) is 0 Å². The molecule has 104 valence electrons. The number of hydrogen-bond donors (Lipinski definition) is 2. The van der Waals surface area contributed by atoms with Crippen molar-refractivity contribution in [3.05, 3.63) is 35.4 Å². The molecule has 2 atom stereocenters. The van der Waals surface area contributed by atoms with Crippen LogP contribution in [0.1, 0.15) is 12.0 Å². The van der Waals surface area contributed by atoms with Gasteiger partial charge in [-0.3, -0.25) is 9.69 Å². The Hall–Kier alpha value is -1.53. The summed E-state index contributed by atoms with van der Waals surface area (Å²) >= 11 is 0. The Bertz CT molecular complexity index is 481. The summed E-state index contributed by atoms with van der Waals surface area (Å²) in [6, 6.07) is 3.95. The number of β-amino-alcohol motifs (C(OH)–C–C–N with tert-alkyl or cyclic N) is 1. The number of carboxylic acids is 1. The van der Waals surface area contributed by atoms with Gasteiger partial charge in [0.1, 0.15) is 0 Å². The Morgan fingerprint density at radius 2 is 2.16 bits per heavy atom. The molecule has 2 rings (SSSR count). The molecule has 0 amide bonds. The van der Waals surface area contributed by atoms with E-state index in [1.807, 2.05) is 0 Å². The molecule has 4 nitrogen and oxygen atoms in total. The quantitative estimate of drug-likeness (QED) is 0.868. The van der Waals surface area contributed by atoms with Crippen molar-refractivity contribution >= 4 is 5.97 Å². The van der Waals surface area contributed by atoms with Crippen LogP contribution in [-0.4, -0.2) is 40.3 Å². The van der Waals surface area contributed by atoms with E-state index >= 15 is 0 Å². The number of carbonyl (C=O) groups is 1. The van der Waals surface area contributed by atoms with E-state index in [0.717, 1.165) is 6.07 Å². The van der Waals surface area contributed by atoms with Gasteiger partial charge in [-0.25, -0.2) is 8.78 Å². The van der Waals surface area contributed by atoms with Crippen molar-refractivity contribution in [1.82, 2.24) is 4.90 Å². The maximum absolute atomic E-state index is 13.5. The first kappa shape index (κ1) is 13.9. The summed E-state index contributed by atoms with van der Waals surface area (Å²) in [6.45, 7) is 0.740. The third-order valence-corrected chi connectivity index (χ3v) is 3.41. The van der Waals surface area contributed by atoms with Crippen LogP contribution in [0.4, 0.5) is 8.78 Å². The number of hydrogen-bond acceptors (Lipinski definition) is 3. The van der Waals surface area contributed by atoms with Gasteiger partial charge in [-0.05, 0) is 19.0 Å². The molecule has 0 spiro atoms. The summed E-state index contributed by atoms with van der Waals surface area (Å²) in [6.07, 6.45) is -0.684. The minimum absolute atomic E-state index is 0.146. The maximum atomic E-state index is 13.5. The summed E-state index contributed by atoms with van der Waals surface area (Å²) in [5.41, 5.74) is 0.209. The molecule has 0 unspecified atom stereocenters. The maximum Gasteiger partial charge on any atom is 0.309 e. The zero-order valence-electron chi connectivity index (χ0n) is 10.2. The van der Waals surface area contributed by atoms with E-state index in [0.29, 0.717) is 13.0 Å². The van der Waals surface area contributed by atoms with Gasteiger partial charge in [0.15, 0.2) is 11.6 Å². The van der Waals surface area contributed by atoms with Gasteiger partial charge in [-0.1, -0.05) is 12.1 Å². The lowest BCUT2D eigenvalue weighted by molar-refractivity contribution is -0.148. The smallest absolute Gasteiger partial charge is 0.309 e. The van der Waals surface area contributed by atoms with Crippen LogP contribution >= 0.6 is 0 Å². The number of likely N-dealkylation sites (tertiary alicyclic amines) is 1. The zero-order valence-corrected chi connectivity index (χ0v) is 10.2. The van der Waals surface area contributed by atoms with Crippen molar-refractivity contribution in [3.8, 4) is 0 Å². The fraction of sp³-hybridized carbons (Fsp3) is 0.462. The highest BCUT2D eigenvalue weighted by atomic mass is 19.2. The first-order valence-electron chi connectivity index (χ1n) is 6.05. The lowest BCUT2D eigenvalue weighted by Gasteiger charge is -2.33. The topological polar surface area (TPSA) is 60.8 Å². The molecule has 0 radical (unpaired) electrons. The van der Waals surface area contributed by atoms with Crippen LogP contribution in [0.5, 0.6) is 0 Å². The van der Waals surface area contributed by atoms with Gasteiger partial charge < -0.3 is 10.2 Å². The molecule has 1 aromatic rings. The lowest BCUT2D eigenvalue weighted by atomic mass is 9.94. The fourth-order valence-electron chi connectivity index (χ4n) is 2.34. The number of aliphatic hydroxyl groups excluding tert-OH is 1. The summed E-state index contributed by atoms with van der Waals surface area (Å²) in [4.78, 5) is 12.6. The van der Waals surface area contributed by atoms with Gasteiger partial charge >= 0.3 is 5.97 Å².